The van der Waals surface area contributed by atoms with Crippen LogP contribution in [0.25, 0.3) is 0 Å². The topological polar surface area (TPSA) is 49.7 Å². The van der Waals surface area contributed by atoms with Gasteiger partial charge in [-0.1, -0.05) is 35.9 Å². The van der Waals surface area contributed by atoms with Crippen LogP contribution < -0.4 is 4.74 Å². The predicted molar refractivity (Wildman–Crippen MR) is 102 cm³/mol. The first-order valence-corrected chi connectivity index (χ1v) is 9.21. The highest BCUT2D eigenvalue weighted by Crippen LogP contribution is 2.23. The van der Waals surface area contributed by atoms with Crippen LogP contribution in [0.2, 0.25) is 5.02 Å². The molecule has 2 aromatic rings. The van der Waals surface area contributed by atoms with Gasteiger partial charge in [-0.3, -0.25) is 0 Å². The van der Waals surface area contributed by atoms with E-state index in [0.717, 1.165) is 34.7 Å². The second kappa shape index (κ2) is 9.81. The first kappa shape index (κ1) is 19.8. The van der Waals surface area contributed by atoms with Crippen molar-refractivity contribution >= 4 is 11.6 Å². The van der Waals surface area contributed by atoms with E-state index in [1.54, 1.807) is 6.92 Å². The number of halogens is 1. The Kier molecular flexibility index (Phi) is 7.76. The van der Waals surface area contributed by atoms with Gasteiger partial charge in [0, 0.05) is 5.02 Å². The molecule has 2 aromatic carbocycles. The molecule has 0 heterocycles. The van der Waals surface area contributed by atoms with E-state index < -0.39 is 12.2 Å². The molecule has 0 aliphatic heterocycles. The number of hydrogen-bond donors (Lipinski definition) is 2. The summed E-state index contributed by atoms with van der Waals surface area (Å²) >= 11 is 6.35. The number of hydrogen-bond acceptors (Lipinski definition) is 3. The van der Waals surface area contributed by atoms with Crippen molar-refractivity contribution in [1.29, 1.82) is 0 Å². The molecule has 3 nitrogen and oxygen atoms in total. The molecule has 0 aliphatic carbocycles. The van der Waals surface area contributed by atoms with Gasteiger partial charge in [0.05, 0.1) is 18.8 Å². The van der Waals surface area contributed by atoms with E-state index in [9.17, 15) is 10.2 Å². The summed E-state index contributed by atoms with van der Waals surface area (Å²) < 4.78 is 5.47. The maximum atomic E-state index is 9.91. The fourth-order valence-corrected chi connectivity index (χ4v) is 3.04. The van der Waals surface area contributed by atoms with Crippen LogP contribution in [-0.4, -0.2) is 29.0 Å². The molecule has 4 heteroatoms. The number of aryl methyl sites for hydroxylation is 1. The van der Waals surface area contributed by atoms with E-state index in [1.165, 1.54) is 5.56 Å². The van der Waals surface area contributed by atoms with Gasteiger partial charge >= 0.3 is 0 Å². The molecular formula is C21H27ClO3. The van der Waals surface area contributed by atoms with Gasteiger partial charge in [0.25, 0.3) is 0 Å². The Labute approximate surface area is 155 Å². The van der Waals surface area contributed by atoms with Crippen molar-refractivity contribution in [3.63, 3.8) is 0 Å². The zero-order chi connectivity index (χ0) is 18.2. The molecule has 0 fully saturated rings. The Morgan fingerprint density at radius 2 is 1.72 bits per heavy atom. The van der Waals surface area contributed by atoms with Crippen molar-refractivity contribution in [3.8, 4) is 5.75 Å². The monoisotopic (exact) mass is 362 g/mol. The van der Waals surface area contributed by atoms with Crippen molar-refractivity contribution in [3.05, 3.63) is 64.2 Å². The van der Waals surface area contributed by atoms with Crippen LogP contribution in [0.4, 0.5) is 0 Å². The van der Waals surface area contributed by atoms with Gasteiger partial charge in [-0.25, -0.2) is 0 Å². The van der Waals surface area contributed by atoms with Crippen molar-refractivity contribution < 1.29 is 14.9 Å². The minimum Gasteiger partial charge on any atom is -0.494 e. The Morgan fingerprint density at radius 3 is 2.36 bits per heavy atom. The highest BCUT2D eigenvalue weighted by atomic mass is 35.5. The summed E-state index contributed by atoms with van der Waals surface area (Å²) in [5, 5.41) is 20.0. The molecule has 2 atom stereocenters. The van der Waals surface area contributed by atoms with Gasteiger partial charge in [0.1, 0.15) is 5.75 Å². The smallest absolute Gasteiger partial charge is 0.119 e. The maximum Gasteiger partial charge on any atom is 0.119 e. The highest BCUT2D eigenvalue weighted by molar-refractivity contribution is 6.31. The van der Waals surface area contributed by atoms with E-state index >= 15 is 0 Å². The van der Waals surface area contributed by atoms with E-state index in [4.69, 9.17) is 16.3 Å². The summed E-state index contributed by atoms with van der Waals surface area (Å²) in [5.41, 5.74) is 3.40. The van der Waals surface area contributed by atoms with Crippen molar-refractivity contribution in [2.75, 3.05) is 6.61 Å². The molecular weight excluding hydrogens is 336 g/mol. The number of aliphatic hydroxyl groups is 2. The van der Waals surface area contributed by atoms with Gasteiger partial charge < -0.3 is 14.9 Å². The van der Waals surface area contributed by atoms with E-state index in [0.29, 0.717) is 19.4 Å². The summed E-state index contributed by atoms with van der Waals surface area (Å²) in [6.07, 6.45) is 1.61. The number of ether oxygens (including phenoxy) is 1. The molecule has 0 saturated heterocycles. The number of aliphatic hydroxyl groups excluding tert-OH is 2. The minimum absolute atomic E-state index is 0.409. The van der Waals surface area contributed by atoms with Crippen LogP contribution >= 0.6 is 11.6 Å². The summed E-state index contributed by atoms with van der Waals surface area (Å²) in [6.45, 7) is 4.33. The first-order valence-electron chi connectivity index (χ1n) is 8.83. The van der Waals surface area contributed by atoms with Crippen LogP contribution in [-0.2, 0) is 12.8 Å². The Bertz CT molecular complexity index is 653. The van der Waals surface area contributed by atoms with Crippen molar-refractivity contribution in [2.45, 2.75) is 51.7 Å². The molecule has 136 valence electrons. The van der Waals surface area contributed by atoms with E-state index in [1.807, 2.05) is 31.2 Å². The maximum absolute atomic E-state index is 9.91. The first-order chi connectivity index (χ1) is 12.0. The predicted octanol–water partition coefficient (Wildman–Crippen LogP) is 4.39. The van der Waals surface area contributed by atoms with Crippen LogP contribution in [0.3, 0.4) is 0 Å². The Hall–Kier alpha value is -1.55. The number of rotatable bonds is 9. The standard InChI is InChI=1S/C21H27ClO3/c1-3-25-20-9-5-17(6-10-20)14-18-13-16(7-11-21(18)22)4-8-19(24)12-15(2)23/h5-7,9-11,13,15,19,23-24H,3-4,8,12,14H2,1-2H3/t15-,19-/m1/s1. The number of benzene rings is 2. The average molecular weight is 363 g/mol. The normalized spacial score (nSPS) is 13.5. The fraction of sp³-hybridized carbons (Fsp3) is 0.429. The Balaban J connectivity index is 2.00. The average Bonchev–Trinajstić information content (AvgIpc) is 2.57. The molecule has 2 rings (SSSR count). The summed E-state index contributed by atoms with van der Waals surface area (Å²) in [4.78, 5) is 0. The summed E-state index contributed by atoms with van der Waals surface area (Å²) in [7, 11) is 0. The van der Waals surface area contributed by atoms with E-state index in [2.05, 4.69) is 18.2 Å². The molecule has 2 N–H and O–H groups in total. The summed E-state index contributed by atoms with van der Waals surface area (Å²) in [6, 6.07) is 14.1. The van der Waals surface area contributed by atoms with Crippen LogP contribution in [0, 0.1) is 0 Å². The lowest BCUT2D eigenvalue weighted by Crippen LogP contribution is -2.15. The van der Waals surface area contributed by atoms with Gasteiger partial charge in [-0.2, -0.15) is 0 Å². The molecule has 0 saturated carbocycles. The van der Waals surface area contributed by atoms with Crippen LogP contribution in [0.5, 0.6) is 5.75 Å². The third-order valence-corrected chi connectivity index (χ3v) is 4.49. The van der Waals surface area contributed by atoms with Gasteiger partial charge in [-0.05, 0) is 74.4 Å². The lowest BCUT2D eigenvalue weighted by molar-refractivity contribution is 0.0854. The SMILES string of the molecule is CCOc1ccc(Cc2cc(CC[C@@H](O)C[C@@H](C)O)ccc2Cl)cc1. The fourth-order valence-electron chi connectivity index (χ4n) is 2.85. The zero-order valence-electron chi connectivity index (χ0n) is 14.9. The molecule has 0 bridgehead atoms. The third kappa shape index (κ3) is 6.69. The van der Waals surface area contributed by atoms with Gasteiger partial charge in [0.15, 0.2) is 0 Å². The third-order valence-electron chi connectivity index (χ3n) is 4.12. The summed E-state index contributed by atoms with van der Waals surface area (Å²) in [5.74, 6) is 0.873. The van der Waals surface area contributed by atoms with Crippen molar-refractivity contribution in [1.82, 2.24) is 0 Å². The van der Waals surface area contributed by atoms with Crippen LogP contribution in [0.15, 0.2) is 42.5 Å². The largest absolute Gasteiger partial charge is 0.494 e. The second-order valence-corrected chi connectivity index (χ2v) is 6.86. The second-order valence-electron chi connectivity index (χ2n) is 6.46. The molecule has 0 spiro atoms. The minimum atomic E-state index is -0.481. The molecule has 0 aromatic heterocycles. The quantitative estimate of drug-likeness (QED) is 0.695. The Morgan fingerprint density at radius 1 is 1.04 bits per heavy atom. The lowest BCUT2D eigenvalue weighted by atomic mass is 9.98. The lowest BCUT2D eigenvalue weighted by Gasteiger charge is -2.13. The molecule has 0 radical (unpaired) electrons. The van der Waals surface area contributed by atoms with Crippen LogP contribution in [0.1, 0.15) is 43.4 Å². The van der Waals surface area contributed by atoms with E-state index in [-0.39, 0.29) is 0 Å². The molecule has 0 aliphatic rings. The van der Waals surface area contributed by atoms with Crippen molar-refractivity contribution in [2.24, 2.45) is 0 Å². The molecule has 25 heavy (non-hydrogen) atoms. The molecule has 0 unspecified atom stereocenters. The molecule has 0 amide bonds. The van der Waals surface area contributed by atoms with Gasteiger partial charge in [0.2, 0.25) is 0 Å². The highest BCUT2D eigenvalue weighted by Gasteiger charge is 2.10. The zero-order valence-corrected chi connectivity index (χ0v) is 15.7. The van der Waals surface area contributed by atoms with Gasteiger partial charge in [-0.15, -0.1) is 0 Å².